The van der Waals surface area contributed by atoms with Crippen LogP contribution >= 0.6 is 0 Å². The number of aryl methyl sites for hydroxylation is 1. The lowest BCUT2D eigenvalue weighted by Crippen LogP contribution is -2.17. The van der Waals surface area contributed by atoms with Crippen LogP contribution in [0.15, 0.2) is 60.7 Å². The SMILES string of the molecule is CCc1ccc(-c2ccc(-c3ccc(OC(F)(F)F)c(F)c3)cc2F)cc1. The quantitative estimate of drug-likeness (QED) is 0.456. The molecule has 140 valence electrons. The summed E-state index contributed by atoms with van der Waals surface area (Å²) in [6.07, 6.45) is -4.11. The summed E-state index contributed by atoms with van der Waals surface area (Å²) in [6, 6.07) is 14.8. The van der Waals surface area contributed by atoms with Crippen molar-refractivity contribution in [1.82, 2.24) is 0 Å². The fourth-order valence-corrected chi connectivity index (χ4v) is 2.74. The third-order valence-electron chi connectivity index (χ3n) is 4.13. The maximum absolute atomic E-state index is 14.5. The molecule has 0 spiro atoms. The lowest BCUT2D eigenvalue weighted by molar-refractivity contribution is -0.275. The van der Waals surface area contributed by atoms with Gasteiger partial charge >= 0.3 is 6.36 Å². The fourth-order valence-electron chi connectivity index (χ4n) is 2.74. The third-order valence-corrected chi connectivity index (χ3v) is 4.13. The standard InChI is InChI=1S/C21H15F5O/c1-2-13-3-5-14(6-4-13)17-9-7-15(11-18(17)22)16-8-10-20(19(23)12-16)27-21(24,25)26/h3-12H,2H2,1H3. The maximum atomic E-state index is 14.5. The van der Waals surface area contributed by atoms with Crippen LogP contribution < -0.4 is 4.74 Å². The number of rotatable bonds is 4. The molecule has 0 unspecified atom stereocenters. The van der Waals surface area contributed by atoms with Gasteiger partial charge in [0.25, 0.3) is 0 Å². The third kappa shape index (κ3) is 4.45. The summed E-state index contributed by atoms with van der Waals surface area (Å²) in [5.74, 6) is -2.61. The molecule has 0 saturated heterocycles. The van der Waals surface area contributed by atoms with Crippen LogP contribution in [0.1, 0.15) is 12.5 Å². The number of hydrogen-bond acceptors (Lipinski definition) is 1. The minimum absolute atomic E-state index is 0.244. The first-order valence-electron chi connectivity index (χ1n) is 8.21. The van der Waals surface area contributed by atoms with Crippen molar-refractivity contribution in [3.05, 3.63) is 77.9 Å². The highest BCUT2D eigenvalue weighted by Gasteiger charge is 2.32. The molecule has 6 heteroatoms. The normalized spacial score (nSPS) is 11.5. The molecule has 0 N–H and O–H groups in total. The van der Waals surface area contributed by atoms with E-state index in [1.807, 2.05) is 31.2 Å². The summed E-state index contributed by atoms with van der Waals surface area (Å²) in [5, 5.41) is 0. The molecule has 0 atom stereocenters. The zero-order valence-corrected chi connectivity index (χ0v) is 14.3. The van der Waals surface area contributed by atoms with Crippen molar-refractivity contribution < 1.29 is 26.7 Å². The van der Waals surface area contributed by atoms with Gasteiger partial charge in [0.2, 0.25) is 0 Å². The average molecular weight is 378 g/mol. The van der Waals surface area contributed by atoms with E-state index in [9.17, 15) is 22.0 Å². The van der Waals surface area contributed by atoms with Crippen LogP contribution in [0.4, 0.5) is 22.0 Å². The van der Waals surface area contributed by atoms with E-state index >= 15 is 0 Å². The summed E-state index contributed by atoms with van der Waals surface area (Å²) in [4.78, 5) is 0. The van der Waals surface area contributed by atoms with Crippen LogP contribution in [0, 0.1) is 11.6 Å². The molecule has 3 aromatic carbocycles. The molecule has 0 aliphatic rings. The van der Waals surface area contributed by atoms with Gasteiger partial charge in [0.1, 0.15) is 5.82 Å². The predicted molar refractivity (Wildman–Crippen MR) is 93.3 cm³/mol. The summed E-state index contributed by atoms with van der Waals surface area (Å²) in [5.41, 5.74) is 2.82. The molecule has 0 aliphatic heterocycles. The van der Waals surface area contributed by atoms with Gasteiger partial charge in [-0.3, -0.25) is 0 Å². The second-order valence-corrected chi connectivity index (χ2v) is 5.94. The molecule has 0 saturated carbocycles. The maximum Gasteiger partial charge on any atom is 0.573 e. The highest BCUT2D eigenvalue weighted by atomic mass is 19.4. The van der Waals surface area contributed by atoms with Gasteiger partial charge in [-0.15, -0.1) is 13.2 Å². The van der Waals surface area contributed by atoms with Crippen LogP contribution in [-0.4, -0.2) is 6.36 Å². The highest BCUT2D eigenvalue weighted by molar-refractivity contribution is 5.71. The topological polar surface area (TPSA) is 9.23 Å². The van der Waals surface area contributed by atoms with Gasteiger partial charge in [-0.05, 0) is 46.9 Å². The monoisotopic (exact) mass is 378 g/mol. The molecule has 0 radical (unpaired) electrons. The number of halogens is 5. The molecule has 3 rings (SSSR count). The number of benzene rings is 3. The second kappa shape index (κ2) is 7.39. The summed E-state index contributed by atoms with van der Waals surface area (Å²) in [6.45, 7) is 2.02. The predicted octanol–water partition coefficient (Wildman–Crippen LogP) is 6.76. The molecule has 0 amide bonds. The molecule has 0 aliphatic carbocycles. The van der Waals surface area contributed by atoms with E-state index in [1.54, 1.807) is 12.1 Å². The van der Waals surface area contributed by atoms with Crippen molar-refractivity contribution >= 4 is 0 Å². The van der Waals surface area contributed by atoms with E-state index in [-0.39, 0.29) is 5.56 Å². The van der Waals surface area contributed by atoms with E-state index in [4.69, 9.17) is 0 Å². The van der Waals surface area contributed by atoms with E-state index in [2.05, 4.69) is 4.74 Å². The van der Waals surface area contributed by atoms with Gasteiger partial charge < -0.3 is 4.74 Å². The minimum atomic E-state index is -4.98. The second-order valence-electron chi connectivity index (χ2n) is 5.94. The van der Waals surface area contributed by atoms with Crippen molar-refractivity contribution in [3.8, 4) is 28.0 Å². The van der Waals surface area contributed by atoms with Crippen LogP contribution in [0.3, 0.4) is 0 Å². The van der Waals surface area contributed by atoms with Crippen molar-refractivity contribution in [3.63, 3.8) is 0 Å². The Morgan fingerprint density at radius 2 is 1.30 bits per heavy atom. The van der Waals surface area contributed by atoms with Crippen LogP contribution in [0.2, 0.25) is 0 Å². The summed E-state index contributed by atoms with van der Waals surface area (Å²) < 4.78 is 68.6. The van der Waals surface area contributed by atoms with Crippen molar-refractivity contribution in [1.29, 1.82) is 0 Å². The largest absolute Gasteiger partial charge is 0.573 e. The fraction of sp³-hybridized carbons (Fsp3) is 0.143. The highest BCUT2D eigenvalue weighted by Crippen LogP contribution is 2.32. The Hall–Kier alpha value is -2.89. The van der Waals surface area contributed by atoms with E-state index in [0.29, 0.717) is 16.7 Å². The van der Waals surface area contributed by atoms with Gasteiger partial charge in [0, 0.05) is 5.56 Å². The molecule has 0 fully saturated rings. The Morgan fingerprint density at radius 1 is 0.741 bits per heavy atom. The van der Waals surface area contributed by atoms with E-state index < -0.39 is 23.7 Å². The van der Waals surface area contributed by atoms with Gasteiger partial charge in [0.05, 0.1) is 0 Å². The minimum Gasteiger partial charge on any atom is -0.403 e. The van der Waals surface area contributed by atoms with E-state index in [1.165, 1.54) is 12.1 Å². The number of alkyl halides is 3. The molecule has 27 heavy (non-hydrogen) atoms. The smallest absolute Gasteiger partial charge is 0.403 e. The Kier molecular flexibility index (Phi) is 5.17. The lowest BCUT2D eigenvalue weighted by atomic mass is 9.98. The van der Waals surface area contributed by atoms with Crippen molar-refractivity contribution in [2.45, 2.75) is 19.7 Å². The Labute approximate surface area is 153 Å². The molecule has 0 heterocycles. The first kappa shape index (κ1) is 18.9. The first-order chi connectivity index (χ1) is 12.8. The first-order valence-corrected chi connectivity index (χ1v) is 8.21. The van der Waals surface area contributed by atoms with Gasteiger partial charge in [-0.1, -0.05) is 49.4 Å². The van der Waals surface area contributed by atoms with Gasteiger partial charge in [0.15, 0.2) is 11.6 Å². The molecule has 0 bridgehead atoms. The zero-order chi connectivity index (χ0) is 19.6. The molecule has 1 nitrogen and oxygen atoms in total. The van der Waals surface area contributed by atoms with Crippen LogP contribution in [0.5, 0.6) is 5.75 Å². The number of ether oxygens (including phenoxy) is 1. The number of hydrogen-bond donors (Lipinski definition) is 0. The summed E-state index contributed by atoms with van der Waals surface area (Å²) in [7, 11) is 0. The Balaban J connectivity index is 1.90. The molecular weight excluding hydrogens is 363 g/mol. The molecule has 3 aromatic rings. The van der Waals surface area contributed by atoms with Gasteiger partial charge in [-0.2, -0.15) is 0 Å². The Morgan fingerprint density at radius 3 is 1.81 bits per heavy atom. The Bertz CT molecular complexity index is 946. The average Bonchev–Trinajstić information content (AvgIpc) is 2.62. The van der Waals surface area contributed by atoms with Crippen molar-refractivity contribution in [2.24, 2.45) is 0 Å². The van der Waals surface area contributed by atoms with Gasteiger partial charge in [-0.25, -0.2) is 8.78 Å². The van der Waals surface area contributed by atoms with E-state index in [0.717, 1.165) is 24.1 Å². The lowest BCUT2D eigenvalue weighted by Gasteiger charge is -2.11. The van der Waals surface area contributed by atoms with Crippen LogP contribution in [0.25, 0.3) is 22.3 Å². The van der Waals surface area contributed by atoms with Crippen LogP contribution in [-0.2, 0) is 6.42 Å². The molecular formula is C21H15F5O. The molecule has 0 aromatic heterocycles. The van der Waals surface area contributed by atoms with Crippen molar-refractivity contribution in [2.75, 3.05) is 0 Å². The zero-order valence-electron chi connectivity index (χ0n) is 14.3. The summed E-state index contributed by atoms with van der Waals surface area (Å²) >= 11 is 0.